The van der Waals surface area contributed by atoms with Crippen LogP contribution in [-0.2, 0) is 6.54 Å². The number of nitrogens with zero attached hydrogens (tertiary/aromatic N) is 4. The molecule has 1 saturated carbocycles. The summed E-state index contributed by atoms with van der Waals surface area (Å²) < 4.78 is 2.12. The second-order valence-electron chi connectivity index (χ2n) is 7.30. The SMILES string of the molecule is C=C(C#N)CN1Cc2c(cccc2-c2ccc3cnn(C4CC4)c3c2)C1=O. The van der Waals surface area contributed by atoms with E-state index in [1.807, 2.05) is 24.4 Å². The Morgan fingerprint density at radius 1 is 1.26 bits per heavy atom. The number of aromatic nitrogens is 2. The van der Waals surface area contributed by atoms with Crippen molar-refractivity contribution in [3.05, 3.63) is 65.9 Å². The molecule has 5 nitrogen and oxygen atoms in total. The molecule has 1 aliphatic heterocycles. The number of carbonyl (C=O) groups excluding carboxylic acids is 1. The normalized spacial score (nSPS) is 15.8. The quantitative estimate of drug-likeness (QED) is 0.664. The summed E-state index contributed by atoms with van der Waals surface area (Å²) in [4.78, 5) is 14.4. The van der Waals surface area contributed by atoms with Crippen LogP contribution in [-0.4, -0.2) is 27.1 Å². The van der Waals surface area contributed by atoms with Gasteiger partial charge in [0.1, 0.15) is 0 Å². The summed E-state index contributed by atoms with van der Waals surface area (Å²) in [5.41, 5.74) is 5.44. The molecular formula is C22H18N4O. The molecule has 0 radical (unpaired) electrons. The highest BCUT2D eigenvalue weighted by atomic mass is 16.2. The molecule has 1 amide bonds. The third kappa shape index (κ3) is 2.53. The first-order valence-corrected chi connectivity index (χ1v) is 9.12. The molecule has 2 aromatic carbocycles. The van der Waals surface area contributed by atoms with Crippen molar-refractivity contribution in [1.29, 1.82) is 5.26 Å². The van der Waals surface area contributed by atoms with Crippen LogP contribution in [0.15, 0.2) is 54.7 Å². The number of hydrogen-bond acceptors (Lipinski definition) is 3. The number of rotatable bonds is 4. The minimum atomic E-state index is -0.0349. The molecule has 1 fully saturated rings. The fourth-order valence-corrected chi connectivity index (χ4v) is 3.87. The second kappa shape index (κ2) is 5.82. The zero-order valence-corrected chi connectivity index (χ0v) is 14.9. The van der Waals surface area contributed by atoms with Crippen molar-refractivity contribution >= 4 is 16.8 Å². The van der Waals surface area contributed by atoms with Crippen LogP contribution in [0.5, 0.6) is 0 Å². The number of carbonyl (C=O) groups is 1. The van der Waals surface area contributed by atoms with Gasteiger partial charge in [-0.3, -0.25) is 9.48 Å². The van der Waals surface area contributed by atoms with Crippen LogP contribution in [0.4, 0.5) is 0 Å². The number of nitriles is 1. The summed E-state index contributed by atoms with van der Waals surface area (Å²) in [5.74, 6) is -0.0349. The summed E-state index contributed by atoms with van der Waals surface area (Å²) in [6.45, 7) is 4.49. The first-order valence-electron chi connectivity index (χ1n) is 9.12. The topological polar surface area (TPSA) is 61.9 Å². The van der Waals surface area contributed by atoms with Crippen molar-refractivity contribution in [2.45, 2.75) is 25.4 Å². The van der Waals surface area contributed by atoms with Gasteiger partial charge in [-0.2, -0.15) is 10.4 Å². The lowest BCUT2D eigenvalue weighted by molar-refractivity contribution is 0.0794. The Kier molecular flexibility index (Phi) is 3.41. The van der Waals surface area contributed by atoms with E-state index in [0.29, 0.717) is 23.7 Å². The van der Waals surface area contributed by atoms with E-state index in [0.717, 1.165) is 27.6 Å². The molecule has 0 saturated heterocycles. The monoisotopic (exact) mass is 354 g/mol. The van der Waals surface area contributed by atoms with Crippen molar-refractivity contribution in [3.63, 3.8) is 0 Å². The molecule has 27 heavy (non-hydrogen) atoms. The van der Waals surface area contributed by atoms with Crippen molar-refractivity contribution in [3.8, 4) is 17.2 Å². The Bertz CT molecular complexity index is 1150. The molecule has 1 aliphatic carbocycles. The first kappa shape index (κ1) is 15.8. The van der Waals surface area contributed by atoms with E-state index in [9.17, 15) is 4.79 Å². The summed E-state index contributed by atoms with van der Waals surface area (Å²) >= 11 is 0. The summed E-state index contributed by atoms with van der Waals surface area (Å²) in [6, 6.07) is 14.8. The summed E-state index contributed by atoms with van der Waals surface area (Å²) in [5, 5.41) is 14.7. The predicted octanol–water partition coefficient (Wildman–Crippen LogP) is 4.07. The Balaban J connectivity index is 1.57. The van der Waals surface area contributed by atoms with E-state index in [4.69, 9.17) is 5.26 Å². The van der Waals surface area contributed by atoms with Gasteiger partial charge in [-0.15, -0.1) is 0 Å². The van der Waals surface area contributed by atoms with Crippen LogP contribution in [0.25, 0.3) is 22.0 Å². The Labute approximate surface area is 157 Å². The smallest absolute Gasteiger partial charge is 0.254 e. The van der Waals surface area contributed by atoms with E-state index in [1.165, 1.54) is 12.8 Å². The number of benzene rings is 2. The fourth-order valence-electron chi connectivity index (χ4n) is 3.87. The number of fused-ring (bicyclic) bond motifs is 2. The second-order valence-corrected chi connectivity index (χ2v) is 7.30. The molecule has 3 aromatic rings. The lowest BCUT2D eigenvalue weighted by atomic mass is 9.96. The number of amides is 1. The van der Waals surface area contributed by atoms with Crippen LogP contribution < -0.4 is 0 Å². The van der Waals surface area contributed by atoms with Gasteiger partial charge in [-0.25, -0.2) is 0 Å². The van der Waals surface area contributed by atoms with E-state index in [1.54, 1.807) is 4.90 Å². The van der Waals surface area contributed by atoms with Gasteiger partial charge >= 0.3 is 0 Å². The maximum Gasteiger partial charge on any atom is 0.254 e. The molecule has 2 aliphatic rings. The zero-order valence-electron chi connectivity index (χ0n) is 14.9. The van der Waals surface area contributed by atoms with Gasteiger partial charge in [0.25, 0.3) is 5.91 Å². The van der Waals surface area contributed by atoms with Gasteiger partial charge in [-0.1, -0.05) is 30.8 Å². The van der Waals surface area contributed by atoms with Crippen molar-refractivity contribution in [2.75, 3.05) is 6.54 Å². The molecule has 0 unspecified atom stereocenters. The van der Waals surface area contributed by atoms with Crippen molar-refractivity contribution < 1.29 is 4.79 Å². The highest BCUT2D eigenvalue weighted by molar-refractivity contribution is 6.01. The maximum atomic E-state index is 12.7. The molecule has 0 bridgehead atoms. The molecule has 0 atom stereocenters. The fraction of sp³-hybridized carbons (Fsp3) is 0.227. The lowest BCUT2D eigenvalue weighted by Crippen LogP contribution is -2.25. The average Bonchev–Trinajstić information content (AvgIpc) is 3.37. The van der Waals surface area contributed by atoms with E-state index in [-0.39, 0.29) is 12.5 Å². The van der Waals surface area contributed by atoms with E-state index < -0.39 is 0 Å². The summed E-state index contributed by atoms with van der Waals surface area (Å²) in [6.07, 6.45) is 4.30. The van der Waals surface area contributed by atoms with Crippen LogP contribution in [0.2, 0.25) is 0 Å². The number of hydrogen-bond donors (Lipinski definition) is 0. The van der Waals surface area contributed by atoms with Gasteiger partial charge in [0.05, 0.1) is 30.4 Å². The van der Waals surface area contributed by atoms with Gasteiger partial charge in [0, 0.05) is 23.1 Å². The molecule has 132 valence electrons. The minimum Gasteiger partial charge on any atom is -0.329 e. The van der Waals surface area contributed by atoms with Gasteiger partial charge in [0.15, 0.2) is 0 Å². The third-order valence-corrected chi connectivity index (χ3v) is 5.38. The van der Waals surface area contributed by atoms with E-state index in [2.05, 4.69) is 40.6 Å². The molecule has 5 heteroatoms. The Morgan fingerprint density at radius 2 is 2.07 bits per heavy atom. The Morgan fingerprint density at radius 3 is 2.85 bits per heavy atom. The first-order chi connectivity index (χ1) is 13.2. The van der Waals surface area contributed by atoms with Crippen LogP contribution in [0.3, 0.4) is 0 Å². The molecule has 5 rings (SSSR count). The van der Waals surface area contributed by atoms with Gasteiger partial charge in [-0.05, 0) is 41.7 Å². The third-order valence-electron chi connectivity index (χ3n) is 5.38. The van der Waals surface area contributed by atoms with Crippen LogP contribution >= 0.6 is 0 Å². The Hall–Kier alpha value is -3.39. The van der Waals surface area contributed by atoms with Gasteiger partial charge < -0.3 is 4.90 Å². The van der Waals surface area contributed by atoms with Crippen LogP contribution in [0.1, 0.15) is 34.8 Å². The maximum absolute atomic E-state index is 12.7. The van der Waals surface area contributed by atoms with Crippen LogP contribution in [0, 0.1) is 11.3 Å². The molecule has 0 spiro atoms. The van der Waals surface area contributed by atoms with E-state index >= 15 is 0 Å². The molecule has 1 aromatic heterocycles. The standard InChI is InChI=1S/C22H18N4O/c1-14(10-23)12-25-13-20-18(3-2-4-19(20)22(25)27)15-5-6-16-11-24-26(17-7-8-17)21(16)9-15/h2-6,9,11,17H,1,7-8,12-13H2. The molecular weight excluding hydrogens is 336 g/mol. The van der Waals surface area contributed by atoms with Crippen molar-refractivity contribution in [1.82, 2.24) is 14.7 Å². The molecule has 0 N–H and O–H groups in total. The van der Waals surface area contributed by atoms with Gasteiger partial charge in [0.2, 0.25) is 0 Å². The largest absolute Gasteiger partial charge is 0.329 e. The molecule has 2 heterocycles. The zero-order chi connectivity index (χ0) is 18.5. The lowest BCUT2D eigenvalue weighted by Gasteiger charge is -2.14. The predicted molar refractivity (Wildman–Crippen MR) is 103 cm³/mol. The highest BCUT2D eigenvalue weighted by Crippen LogP contribution is 2.38. The summed E-state index contributed by atoms with van der Waals surface area (Å²) in [7, 11) is 0. The highest BCUT2D eigenvalue weighted by Gasteiger charge is 2.30. The van der Waals surface area contributed by atoms with Crippen molar-refractivity contribution in [2.24, 2.45) is 0 Å². The minimum absolute atomic E-state index is 0.0349. The average molecular weight is 354 g/mol.